The Morgan fingerprint density at radius 2 is 1.54 bits per heavy atom. The summed E-state index contributed by atoms with van der Waals surface area (Å²) in [6.07, 6.45) is 0.255. The molecule has 154 valence electrons. The van der Waals surface area contributed by atoms with Crippen LogP contribution in [-0.2, 0) is 23.8 Å². The molecule has 0 aliphatic heterocycles. The maximum Gasteiger partial charge on any atom is 0.308 e. The van der Waals surface area contributed by atoms with Crippen LogP contribution in [0.25, 0.3) is 0 Å². The number of carbonyl (C=O) groups excluding carboxylic acids is 2. The number of ether oxygens (including phenoxy) is 3. The van der Waals surface area contributed by atoms with Crippen molar-refractivity contribution in [2.24, 2.45) is 0 Å². The zero-order valence-electron chi connectivity index (χ0n) is 16.2. The molecular formula is C16H33N3O6S. The van der Waals surface area contributed by atoms with Gasteiger partial charge in [0.1, 0.15) is 5.60 Å². The molecule has 5 N–H and O–H groups in total. The standard InChI is InChI=1S/C14H29N3O4S.C2H4O2/c1-14(2,3)21-12(18)4-8-19-10-11-20-9-7-17-13(22)16-6-5-15;1-2(3)4/h4-11,15H2,1-3H3,(H2,16,17,22);1H3,(H,3,4). The van der Waals surface area contributed by atoms with E-state index in [1.807, 2.05) is 20.8 Å². The Balaban J connectivity index is 0. The normalized spacial score (nSPS) is 10.3. The third-order valence-corrected chi connectivity index (χ3v) is 2.53. The summed E-state index contributed by atoms with van der Waals surface area (Å²) >= 11 is 5.04. The molecule has 0 bridgehead atoms. The van der Waals surface area contributed by atoms with Gasteiger partial charge in [0.15, 0.2) is 5.11 Å². The van der Waals surface area contributed by atoms with Gasteiger partial charge in [-0.25, -0.2) is 0 Å². The summed E-state index contributed by atoms with van der Waals surface area (Å²) in [5, 5.41) is 15.5. The first-order chi connectivity index (χ1) is 12.1. The van der Waals surface area contributed by atoms with Gasteiger partial charge >= 0.3 is 5.97 Å². The average Bonchev–Trinajstić information content (AvgIpc) is 2.49. The van der Waals surface area contributed by atoms with Crippen molar-refractivity contribution in [3.8, 4) is 0 Å². The van der Waals surface area contributed by atoms with Gasteiger partial charge in [0.25, 0.3) is 0 Å². The molecule has 0 saturated heterocycles. The zero-order valence-corrected chi connectivity index (χ0v) is 17.0. The van der Waals surface area contributed by atoms with E-state index >= 15 is 0 Å². The number of carboxylic acids is 1. The van der Waals surface area contributed by atoms with Gasteiger partial charge in [0.05, 0.1) is 45.9 Å². The number of rotatable bonds is 11. The second-order valence-corrected chi connectivity index (χ2v) is 6.50. The fraction of sp³-hybridized carbons (Fsp3) is 0.812. The number of thiocarbonyl (C=S) groups is 1. The summed E-state index contributed by atoms with van der Waals surface area (Å²) in [6.45, 7) is 10.5. The fourth-order valence-electron chi connectivity index (χ4n) is 1.37. The van der Waals surface area contributed by atoms with Crippen LogP contribution in [0.15, 0.2) is 0 Å². The zero-order chi connectivity index (χ0) is 20.4. The topological polar surface area (TPSA) is 137 Å². The lowest BCUT2D eigenvalue weighted by molar-refractivity contribution is -0.364. The summed E-state index contributed by atoms with van der Waals surface area (Å²) in [7, 11) is 0. The van der Waals surface area contributed by atoms with E-state index in [1.165, 1.54) is 0 Å². The Hall–Kier alpha value is -1.49. The second-order valence-electron chi connectivity index (χ2n) is 6.09. The van der Waals surface area contributed by atoms with Gasteiger partial charge in [0, 0.05) is 12.5 Å². The van der Waals surface area contributed by atoms with Crippen LogP contribution in [0.4, 0.5) is 0 Å². The fourth-order valence-corrected chi connectivity index (χ4v) is 1.58. The highest BCUT2D eigenvalue weighted by Crippen LogP contribution is 2.07. The van der Waals surface area contributed by atoms with Crippen molar-refractivity contribution >= 4 is 29.3 Å². The minimum absolute atomic E-state index is 0.249. The molecule has 9 nitrogen and oxygen atoms in total. The highest BCUT2D eigenvalue weighted by atomic mass is 32.1. The first-order valence-electron chi connectivity index (χ1n) is 8.44. The molecule has 0 fully saturated rings. The molecule has 0 atom stereocenters. The maximum absolute atomic E-state index is 11.4. The quantitative estimate of drug-likeness (QED) is 0.210. The van der Waals surface area contributed by atoms with Crippen LogP contribution in [0, 0.1) is 0 Å². The number of esters is 1. The van der Waals surface area contributed by atoms with Crippen LogP contribution in [0.5, 0.6) is 0 Å². The predicted octanol–water partition coefficient (Wildman–Crippen LogP) is -1.79. The van der Waals surface area contributed by atoms with Crippen LogP contribution in [-0.4, -0.2) is 68.7 Å². The maximum atomic E-state index is 11.4. The molecule has 0 aromatic carbocycles. The van der Waals surface area contributed by atoms with Crippen molar-refractivity contribution in [1.82, 2.24) is 10.6 Å². The highest BCUT2D eigenvalue weighted by molar-refractivity contribution is 7.80. The van der Waals surface area contributed by atoms with Gasteiger partial charge < -0.3 is 40.5 Å². The highest BCUT2D eigenvalue weighted by Gasteiger charge is 2.15. The third kappa shape index (κ3) is 27.4. The smallest absolute Gasteiger partial charge is 0.308 e. The molecule has 0 amide bonds. The van der Waals surface area contributed by atoms with Crippen LogP contribution >= 0.6 is 12.2 Å². The summed E-state index contributed by atoms with van der Waals surface area (Å²) in [5.74, 6) is -1.33. The first-order valence-corrected chi connectivity index (χ1v) is 8.85. The third-order valence-electron chi connectivity index (χ3n) is 2.24. The van der Waals surface area contributed by atoms with Crippen molar-refractivity contribution in [2.45, 2.75) is 39.7 Å². The summed E-state index contributed by atoms with van der Waals surface area (Å²) in [6, 6.07) is 0. The Morgan fingerprint density at radius 1 is 1.04 bits per heavy atom. The van der Waals surface area contributed by atoms with E-state index in [-0.39, 0.29) is 12.4 Å². The predicted molar refractivity (Wildman–Crippen MR) is 99.1 cm³/mol. The van der Waals surface area contributed by atoms with Gasteiger partial charge in [-0.15, -0.1) is 0 Å². The lowest BCUT2D eigenvalue weighted by Crippen LogP contribution is -2.55. The van der Waals surface area contributed by atoms with E-state index in [1.54, 1.807) is 0 Å². The Kier molecular flexibility index (Phi) is 17.4. The summed E-state index contributed by atoms with van der Waals surface area (Å²) in [4.78, 5) is 20.3. The average molecular weight is 396 g/mol. The van der Waals surface area contributed by atoms with Gasteiger partial charge in [-0.05, 0) is 39.9 Å². The largest absolute Gasteiger partial charge is 0.550 e. The monoisotopic (exact) mass is 395 g/mol. The van der Waals surface area contributed by atoms with Crippen LogP contribution in [0.1, 0.15) is 34.1 Å². The molecule has 0 aliphatic rings. The lowest BCUT2D eigenvalue weighted by Gasteiger charge is -2.19. The van der Waals surface area contributed by atoms with Crippen molar-refractivity contribution in [3.63, 3.8) is 0 Å². The number of quaternary nitrogens is 1. The number of carbonyl (C=O) groups is 2. The number of hydrogen-bond donors (Lipinski definition) is 3. The molecule has 0 aliphatic carbocycles. The molecule has 0 aromatic rings. The van der Waals surface area contributed by atoms with E-state index in [0.717, 1.165) is 20.0 Å². The number of carboxylic acid groups (broad SMARTS) is 1. The van der Waals surface area contributed by atoms with Gasteiger partial charge in [-0.2, -0.15) is 0 Å². The minimum atomic E-state index is -1.08. The summed E-state index contributed by atoms with van der Waals surface area (Å²) < 4.78 is 15.8. The van der Waals surface area contributed by atoms with E-state index in [0.29, 0.717) is 38.1 Å². The minimum Gasteiger partial charge on any atom is -0.550 e. The van der Waals surface area contributed by atoms with E-state index in [2.05, 4.69) is 16.4 Å². The molecule has 10 heteroatoms. The molecule has 0 heterocycles. The number of aliphatic carboxylic acids is 1. The van der Waals surface area contributed by atoms with Crippen LogP contribution < -0.4 is 21.5 Å². The van der Waals surface area contributed by atoms with Crippen molar-refractivity contribution in [1.29, 1.82) is 0 Å². The van der Waals surface area contributed by atoms with Gasteiger partial charge in [-0.3, -0.25) is 4.79 Å². The molecule has 0 radical (unpaired) electrons. The van der Waals surface area contributed by atoms with E-state index < -0.39 is 11.6 Å². The van der Waals surface area contributed by atoms with Crippen molar-refractivity contribution < 1.29 is 34.6 Å². The van der Waals surface area contributed by atoms with Gasteiger partial charge in [0.2, 0.25) is 0 Å². The molecule has 0 aromatic heterocycles. The van der Waals surface area contributed by atoms with Crippen LogP contribution in [0.2, 0.25) is 0 Å². The van der Waals surface area contributed by atoms with E-state index in [9.17, 15) is 4.79 Å². The molecular weight excluding hydrogens is 362 g/mol. The number of hydrogen-bond acceptors (Lipinski definition) is 7. The van der Waals surface area contributed by atoms with Crippen molar-refractivity contribution in [2.75, 3.05) is 46.1 Å². The Bertz CT molecular complexity index is 398. The number of nitrogens with one attached hydrogen (secondary N) is 2. The SMILES string of the molecule is CC(=O)[O-].CC(C)(C)OC(=O)CCOCCOCCNC(=S)NCC[NH3+]. The summed E-state index contributed by atoms with van der Waals surface area (Å²) in [5.41, 5.74) is 3.27. The molecule has 0 spiro atoms. The lowest BCUT2D eigenvalue weighted by atomic mass is 10.2. The molecule has 0 unspecified atom stereocenters. The molecule has 0 rings (SSSR count). The Labute approximate surface area is 160 Å². The molecule has 26 heavy (non-hydrogen) atoms. The van der Waals surface area contributed by atoms with Gasteiger partial charge in [-0.1, -0.05) is 0 Å². The van der Waals surface area contributed by atoms with Crippen molar-refractivity contribution in [3.05, 3.63) is 0 Å². The van der Waals surface area contributed by atoms with E-state index in [4.69, 9.17) is 36.3 Å². The second kappa shape index (κ2) is 17.0. The first kappa shape index (κ1) is 26.7. The van der Waals surface area contributed by atoms with Crippen LogP contribution in [0.3, 0.4) is 0 Å². The Morgan fingerprint density at radius 3 is 2.04 bits per heavy atom. The molecule has 0 saturated carbocycles.